The van der Waals surface area contributed by atoms with Crippen molar-refractivity contribution in [3.05, 3.63) is 29.8 Å². The van der Waals surface area contributed by atoms with E-state index in [0.717, 1.165) is 5.56 Å². The summed E-state index contributed by atoms with van der Waals surface area (Å²) in [6.45, 7) is 0. The third kappa shape index (κ3) is 5.21. The molecule has 0 atom stereocenters. The number of carbonyl (C=O) groups is 2. The highest BCUT2D eigenvalue weighted by molar-refractivity contribution is 5.92. The van der Waals surface area contributed by atoms with Crippen LogP contribution in [0.1, 0.15) is 18.4 Å². The molecular weight excluding hydrogens is 242 g/mol. The highest BCUT2D eigenvalue weighted by Gasteiger charge is 2.05. The summed E-state index contributed by atoms with van der Waals surface area (Å²) in [5.41, 5.74) is 1.69. The van der Waals surface area contributed by atoms with Crippen LogP contribution in [-0.4, -0.2) is 30.8 Å². The number of anilines is 1. The van der Waals surface area contributed by atoms with Crippen LogP contribution in [0.2, 0.25) is 0 Å². The molecule has 0 spiro atoms. The fraction of sp³-hybridized carbons (Fsp3) is 0.357. The van der Waals surface area contributed by atoms with Gasteiger partial charge in [-0.15, -0.1) is 0 Å². The Morgan fingerprint density at radius 2 is 1.89 bits per heavy atom. The number of hydrogen-bond donors (Lipinski definition) is 1. The molecule has 100 valence electrons. The fourth-order valence-corrected chi connectivity index (χ4v) is 1.51. The first-order valence-corrected chi connectivity index (χ1v) is 5.99. The Morgan fingerprint density at radius 1 is 1.26 bits per heavy atom. The van der Waals surface area contributed by atoms with E-state index in [1.807, 2.05) is 12.1 Å². The Bertz CT molecular complexity index is 486. The lowest BCUT2D eigenvalue weighted by Gasteiger charge is -2.10. The van der Waals surface area contributed by atoms with E-state index in [1.54, 1.807) is 37.2 Å². The van der Waals surface area contributed by atoms with Gasteiger partial charge in [0.15, 0.2) is 0 Å². The molecule has 0 heterocycles. The molecule has 5 heteroatoms. The highest BCUT2D eigenvalue weighted by atomic mass is 16.2. The van der Waals surface area contributed by atoms with Crippen molar-refractivity contribution in [1.82, 2.24) is 4.90 Å². The minimum atomic E-state index is -0.321. The van der Waals surface area contributed by atoms with Crippen LogP contribution in [-0.2, 0) is 16.0 Å². The fourth-order valence-electron chi connectivity index (χ4n) is 1.51. The van der Waals surface area contributed by atoms with Crippen LogP contribution in [0, 0.1) is 11.3 Å². The van der Waals surface area contributed by atoms with Crippen LogP contribution in [0.25, 0.3) is 0 Å². The average Bonchev–Trinajstić information content (AvgIpc) is 2.37. The number of nitrogens with zero attached hydrogens (tertiary/aromatic N) is 2. The van der Waals surface area contributed by atoms with Gasteiger partial charge in [0.05, 0.1) is 6.07 Å². The minimum absolute atomic E-state index is 0.0893. The zero-order valence-electron chi connectivity index (χ0n) is 11.1. The molecule has 0 aliphatic rings. The molecule has 0 radical (unpaired) electrons. The molecule has 1 aromatic rings. The van der Waals surface area contributed by atoms with Crippen LogP contribution in [0.4, 0.5) is 5.69 Å². The summed E-state index contributed by atoms with van der Waals surface area (Å²) >= 11 is 0. The van der Waals surface area contributed by atoms with E-state index in [-0.39, 0.29) is 18.2 Å². The summed E-state index contributed by atoms with van der Waals surface area (Å²) in [7, 11) is 3.46. The normalized spacial score (nSPS) is 9.53. The molecule has 0 aromatic heterocycles. The minimum Gasteiger partial charge on any atom is -0.349 e. The SMILES string of the molecule is CN(C)C(=O)CCc1ccc(NC(=O)CC#N)cc1. The lowest BCUT2D eigenvalue weighted by Crippen LogP contribution is -2.21. The van der Waals surface area contributed by atoms with Gasteiger partial charge in [-0.1, -0.05) is 12.1 Å². The Morgan fingerprint density at radius 3 is 2.42 bits per heavy atom. The van der Waals surface area contributed by atoms with Gasteiger partial charge in [-0.25, -0.2) is 0 Å². The van der Waals surface area contributed by atoms with Crippen molar-refractivity contribution in [3.63, 3.8) is 0 Å². The van der Waals surface area contributed by atoms with Crippen LogP contribution in [0.15, 0.2) is 24.3 Å². The maximum atomic E-state index is 11.4. The van der Waals surface area contributed by atoms with Gasteiger partial charge in [0.25, 0.3) is 0 Å². The molecule has 19 heavy (non-hydrogen) atoms. The second kappa shape index (κ2) is 7.17. The number of amides is 2. The second-order valence-corrected chi connectivity index (χ2v) is 4.37. The molecule has 5 nitrogen and oxygen atoms in total. The van der Waals surface area contributed by atoms with E-state index in [0.29, 0.717) is 18.5 Å². The van der Waals surface area contributed by atoms with Gasteiger partial charge in [0.2, 0.25) is 11.8 Å². The molecule has 2 amide bonds. The monoisotopic (exact) mass is 259 g/mol. The van der Waals surface area contributed by atoms with E-state index in [1.165, 1.54) is 0 Å². The van der Waals surface area contributed by atoms with Gasteiger partial charge in [0.1, 0.15) is 6.42 Å². The van der Waals surface area contributed by atoms with Crippen LogP contribution >= 0.6 is 0 Å². The van der Waals surface area contributed by atoms with E-state index >= 15 is 0 Å². The van der Waals surface area contributed by atoms with E-state index in [2.05, 4.69) is 5.32 Å². The van der Waals surface area contributed by atoms with Crippen molar-refractivity contribution in [2.75, 3.05) is 19.4 Å². The average molecular weight is 259 g/mol. The molecule has 0 aliphatic carbocycles. The van der Waals surface area contributed by atoms with Crippen molar-refractivity contribution in [2.45, 2.75) is 19.3 Å². The molecule has 0 fully saturated rings. The molecule has 1 N–H and O–H groups in total. The van der Waals surface area contributed by atoms with Crippen LogP contribution in [0.5, 0.6) is 0 Å². The van der Waals surface area contributed by atoms with Gasteiger partial charge in [-0.05, 0) is 24.1 Å². The lowest BCUT2D eigenvalue weighted by molar-refractivity contribution is -0.128. The van der Waals surface area contributed by atoms with E-state index < -0.39 is 0 Å². The van der Waals surface area contributed by atoms with Crippen molar-refractivity contribution in [1.29, 1.82) is 5.26 Å². The second-order valence-electron chi connectivity index (χ2n) is 4.37. The first kappa shape index (κ1) is 14.7. The zero-order valence-corrected chi connectivity index (χ0v) is 11.1. The maximum Gasteiger partial charge on any atom is 0.238 e. The largest absolute Gasteiger partial charge is 0.349 e. The number of carbonyl (C=O) groups excluding carboxylic acids is 2. The Labute approximate surface area is 112 Å². The molecule has 0 aliphatic heterocycles. The Kier molecular flexibility index (Phi) is 5.55. The number of nitrogens with one attached hydrogen (secondary N) is 1. The van der Waals surface area contributed by atoms with Crippen molar-refractivity contribution < 1.29 is 9.59 Å². The first-order chi connectivity index (χ1) is 9.02. The summed E-state index contributed by atoms with van der Waals surface area (Å²) in [5, 5.41) is 11.0. The van der Waals surface area contributed by atoms with Crippen molar-refractivity contribution in [3.8, 4) is 6.07 Å². The topological polar surface area (TPSA) is 73.2 Å². The maximum absolute atomic E-state index is 11.4. The van der Waals surface area contributed by atoms with E-state index in [9.17, 15) is 9.59 Å². The Balaban J connectivity index is 2.50. The number of hydrogen-bond acceptors (Lipinski definition) is 3. The molecule has 1 rings (SSSR count). The van der Waals surface area contributed by atoms with Gasteiger partial charge in [-0.3, -0.25) is 9.59 Å². The molecule has 0 saturated carbocycles. The molecule has 0 unspecified atom stereocenters. The van der Waals surface area contributed by atoms with Crippen LogP contribution < -0.4 is 5.32 Å². The molecule has 0 saturated heterocycles. The Hall–Kier alpha value is -2.35. The zero-order chi connectivity index (χ0) is 14.3. The molecule has 0 bridgehead atoms. The summed E-state index contributed by atoms with van der Waals surface area (Å²) in [4.78, 5) is 24.2. The standard InChI is InChI=1S/C14H17N3O2/c1-17(2)14(19)8-5-11-3-6-12(7-4-11)16-13(18)9-10-15/h3-4,6-7H,5,8-9H2,1-2H3,(H,16,18). The predicted octanol–water partition coefficient (Wildman–Crippen LogP) is 1.56. The molecular formula is C14H17N3O2. The smallest absolute Gasteiger partial charge is 0.238 e. The number of aryl methyl sites for hydroxylation is 1. The quantitative estimate of drug-likeness (QED) is 0.872. The summed E-state index contributed by atoms with van der Waals surface area (Å²) < 4.78 is 0. The van der Waals surface area contributed by atoms with Crippen molar-refractivity contribution >= 4 is 17.5 Å². The first-order valence-electron chi connectivity index (χ1n) is 5.99. The summed E-state index contributed by atoms with van der Waals surface area (Å²) in [6.07, 6.45) is 0.982. The summed E-state index contributed by atoms with van der Waals surface area (Å²) in [5.74, 6) is -0.232. The number of benzene rings is 1. The third-order valence-corrected chi connectivity index (χ3v) is 2.60. The number of rotatable bonds is 5. The number of nitriles is 1. The predicted molar refractivity (Wildman–Crippen MR) is 72.3 cm³/mol. The highest BCUT2D eigenvalue weighted by Crippen LogP contribution is 2.11. The van der Waals surface area contributed by atoms with Gasteiger partial charge in [-0.2, -0.15) is 5.26 Å². The third-order valence-electron chi connectivity index (χ3n) is 2.60. The van der Waals surface area contributed by atoms with Crippen molar-refractivity contribution in [2.24, 2.45) is 0 Å². The molecule has 1 aromatic carbocycles. The summed E-state index contributed by atoms with van der Waals surface area (Å²) in [6, 6.07) is 9.06. The van der Waals surface area contributed by atoms with Gasteiger partial charge < -0.3 is 10.2 Å². The van der Waals surface area contributed by atoms with Gasteiger partial charge in [0, 0.05) is 26.2 Å². The van der Waals surface area contributed by atoms with Gasteiger partial charge >= 0.3 is 0 Å². The lowest BCUT2D eigenvalue weighted by atomic mass is 10.1. The van der Waals surface area contributed by atoms with E-state index in [4.69, 9.17) is 5.26 Å². The van der Waals surface area contributed by atoms with Crippen LogP contribution in [0.3, 0.4) is 0 Å².